The summed E-state index contributed by atoms with van der Waals surface area (Å²) in [7, 11) is 2.00. The van der Waals surface area contributed by atoms with Gasteiger partial charge in [0.2, 0.25) is 0 Å². The van der Waals surface area contributed by atoms with Crippen LogP contribution in [0.25, 0.3) is 0 Å². The molecule has 6 heteroatoms. The molecule has 6 nitrogen and oxygen atoms in total. The highest BCUT2D eigenvalue weighted by molar-refractivity contribution is 5.38. The van der Waals surface area contributed by atoms with E-state index in [1.54, 1.807) is 0 Å². The average Bonchev–Trinajstić information content (AvgIpc) is 3.24. The Morgan fingerprint density at radius 1 is 1.23 bits per heavy atom. The maximum absolute atomic E-state index is 5.85. The lowest BCUT2D eigenvalue weighted by atomic mass is 10.1. The number of aromatic nitrogens is 3. The lowest BCUT2D eigenvalue weighted by Crippen LogP contribution is -2.04. The number of hydrogen-bond acceptors (Lipinski definition) is 5. The molecule has 3 aromatic rings. The smallest absolute Gasteiger partial charge is 0.315 e. The molecule has 22 heavy (non-hydrogen) atoms. The molecule has 2 aromatic heterocycles. The number of para-hydroxylation sites is 1. The Balaban J connectivity index is 1.43. The van der Waals surface area contributed by atoms with Crippen molar-refractivity contribution in [3.05, 3.63) is 59.7 Å². The van der Waals surface area contributed by atoms with E-state index in [1.165, 1.54) is 5.56 Å². The van der Waals surface area contributed by atoms with E-state index in [0.717, 1.165) is 17.9 Å². The largest absolute Gasteiger partial charge is 0.480 e. The maximum atomic E-state index is 5.85. The Bertz CT molecular complexity index is 768. The van der Waals surface area contributed by atoms with E-state index >= 15 is 0 Å². The third-order valence-corrected chi connectivity index (χ3v) is 3.84. The first-order chi connectivity index (χ1) is 10.8. The molecule has 3 heterocycles. The summed E-state index contributed by atoms with van der Waals surface area (Å²) in [5.41, 5.74) is 2.31. The number of nitrogens with one attached hydrogen (secondary N) is 1. The highest BCUT2D eigenvalue weighted by atomic mass is 16.5. The topological polar surface area (TPSA) is 65.1 Å². The fourth-order valence-electron chi connectivity index (χ4n) is 2.60. The normalized spacial score (nSPS) is 16.3. The van der Waals surface area contributed by atoms with Gasteiger partial charge in [0.05, 0.1) is 6.54 Å². The quantitative estimate of drug-likeness (QED) is 0.802. The van der Waals surface area contributed by atoms with Crippen molar-refractivity contribution in [3.8, 4) is 5.75 Å². The molecular formula is C16H16N4O2. The number of rotatable bonds is 4. The second-order valence-corrected chi connectivity index (χ2v) is 5.33. The summed E-state index contributed by atoms with van der Waals surface area (Å²) in [5, 5.41) is 11.3. The molecule has 0 unspecified atom stereocenters. The van der Waals surface area contributed by atoms with Crippen LogP contribution in [0.4, 0.5) is 6.01 Å². The molecule has 0 amide bonds. The minimum atomic E-state index is -0.199. The second kappa shape index (κ2) is 5.22. The summed E-state index contributed by atoms with van der Waals surface area (Å²) in [4.78, 5) is 0. The number of fused-ring (bicyclic) bond motifs is 1. The molecule has 0 saturated heterocycles. The fourth-order valence-corrected chi connectivity index (χ4v) is 2.60. The molecule has 0 fully saturated rings. The van der Waals surface area contributed by atoms with E-state index in [0.29, 0.717) is 18.5 Å². The third-order valence-electron chi connectivity index (χ3n) is 3.84. The van der Waals surface area contributed by atoms with Gasteiger partial charge in [0, 0.05) is 25.4 Å². The number of ether oxygens (including phenoxy) is 1. The molecule has 1 aliphatic heterocycles. The number of anilines is 1. The summed E-state index contributed by atoms with van der Waals surface area (Å²) < 4.78 is 13.6. The van der Waals surface area contributed by atoms with Gasteiger partial charge in [0.1, 0.15) is 5.75 Å². The highest BCUT2D eigenvalue weighted by Gasteiger charge is 2.28. The van der Waals surface area contributed by atoms with Crippen LogP contribution in [0.5, 0.6) is 5.75 Å². The summed E-state index contributed by atoms with van der Waals surface area (Å²) >= 11 is 0. The van der Waals surface area contributed by atoms with E-state index in [-0.39, 0.29) is 6.10 Å². The van der Waals surface area contributed by atoms with Crippen LogP contribution in [0.3, 0.4) is 0 Å². The molecule has 0 aliphatic carbocycles. The maximum Gasteiger partial charge on any atom is 0.315 e. The Hall–Kier alpha value is -2.76. The van der Waals surface area contributed by atoms with Crippen molar-refractivity contribution in [2.24, 2.45) is 7.05 Å². The predicted octanol–water partition coefficient (Wildman–Crippen LogP) is 2.70. The van der Waals surface area contributed by atoms with Gasteiger partial charge in [0.15, 0.2) is 6.10 Å². The first-order valence-corrected chi connectivity index (χ1v) is 7.21. The van der Waals surface area contributed by atoms with Crippen molar-refractivity contribution in [1.82, 2.24) is 14.8 Å². The van der Waals surface area contributed by atoms with Gasteiger partial charge in [-0.2, -0.15) is 0 Å². The third kappa shape index (κ3) is 2.32. The zero-order valence-electron chi connectivity index (χ0n) is 12.2. The Morgan fingerprint density at radius 2 is 2.14 bits per heavy atom. The standard InChI is InChI=1S/C16H16N4O2/c1-20-8-4-6-12(20)10-17-16-19-18-15(22-16)14-9-11-5-2-3-7-13(11)21-14/h2-8,14H,9-10H2,1H3,(H,17,19)/t14-/m0/s1. The van der Waals surface area contributed by atoms with Crippen molar-refractivity contribution in [3.63, 3.8) is 0 Å². The molecule has 0 spiro atoms. The Morgan fingerprint density at radius 3 is 2.95 bits per heavy atom. The van der Waals surface area contributed by atoms with E-state index in [1.807, 2.05) is 48.1 Å². The average molecular weight is 296 g/mol. The number of benzene rings is 1. The van der Waals surface area contributed by atoms with Crippen LogP contribution in [-0.4, -0.2) is 14.8 Å². The van der Waals surface area contributed by atoms with Gasteiger partial charge in [-0.05, 0) is 23.8 Å². The van der Waals surface area contributed by atoms with Gasteiger partial charge < -0.3 is 19.0 Å². The summed E-state index contributed by atoms with van der Waals surface area (Å²) in [6, 6.07) is 12.4. The number of nitrogens with zero attached hydrogens (tertiary/aromatic N) is 3. The molecule has 0 bridgehead atoms. The van der Waals surface area contributed by atoms with Crippen LogP contribution in [-0.2, 0) is 20.0 Å². The lowest BCUT2D eigenvalue weighted by molar-refractivity contribution is 0.199. The summed E-state index contributed by atoms with van der Waals surface area (Å²) in [6.07, 6.45) is 2.56. The molecule has 112 valence electrons. The first-order valence-electron chi connectivity index (χ1n) is 7.21. The van der Waals surface area contributed by atoms with Crippen molar-refractivity contribution in [1.29, 1.82) is 0 Å². The molecule has 1 atom stereocenters. The molecule has 0 saturated carbocycles. The van der Waals surface area contributed by atoms with Gasteiger partial charge in [-0.25, -0.2) is 0 Å². The molecule has 1 aromatic carbocycles. The van der Waals surface area contributed by atoms with E-state index in [2.05, 4.69) is 21.6 Å². The summed E-state index contributed by atoms with van der Waals surface area (Å²) in [6.45, 7) is 0.636. The predicted molar refractivity (Wildman–Crippen MR) is 80.6 cm³/mol. The molecule has 4 rings (SSSR count). The minimum absolute atomic E-state index is 0.199. The van der Waals surface area contributed by atoms with Crippen LogP contribution in [0.15, 0.2) is 47.0 Å². The summed E-state index contributed by atoms with van der Waals surface area (Å²) in [5.74, 6) is 1.40. The molecular weight excluding hydrogens is 280 g/mol. The Kier molecular flexibility index (Phi) is 3.07. The fraction of sp³-hybridized carbons (Fsp3) is 0.250. The lowest BCUT2D eigenvalue weighted by Gasteiger charge is -2.05. The van der Waals surface area contributed by atoms with Crippen molar-refractivity contribution >= 4 is 6.01 Å². The van der Waals surface area contributed by atoms with Crippen LogP contribution in [0, 0.1) is 0 Å². The second-order valence-electron chi connectivity index (χ2n) is 5.33. The molecule has 1 aliphatic rings. The Labute approximate surface area is 127 Å². The van der Waals surface area contributed by atoms with Gasteiger partial charge in [-0.15, -0.1) is 5.10 Å². The zero-order valence-corrected chi connectivity index (χ0v) is 12.2. The van der Waals surface area contributed by atoms with E-state index in [4.69, 9.17) is 9.15 Å². The van der Waals surface area contributed by atoms with Crippen LogP contribution in [0.1, 0.15) is 23.3 Å². The van der Waals surface area contributed by atoms with Gasteiger partial charge in [-0.1, -0.05) is 23.3 Å². The monoisotopic (exact) mass is 296 g/mol. The molecule has 0 radical (unpaired) electrons. The van der Waals surface area contributed by atoms with Gasteiger partial charge in [-0.3, -0.25) is 0 Å². The molecule has 1 N–H and O–H groups in total. The van der Waals surface area contributed by atoms with Crippen molar-refractivity contribution < 1.29 is 9.15 Å². The van der Waals surface area contributed by atoms with E-state index < -0.39 is 0 Å². The highest BCUT2D eigenvalue weighted by Crippen LogP contribution is 2.35. The van der Waals surface area contributed by atoms with Crippen molar-refractivity contribution in [2.75, 3.05) is 5.32 Å². The zero-order chi connectivity index (χ0) is 14.9. The van der Waals surface area contributed by atoms with Crippen LogP contribution in [0.2, 0.25) is 0 Å². The number of hydrogen-bond donors (Lipinski definition) is 1. The first kappa shape index (κ1) is 12.9. The van der Waals surface area contributed by atoms with Crippen LogP contribution >= 0.6 is 0 Å². The minimum Gasteiger partial charge on any atom is -0.480 e. The van der Waals surface area contributed by atoms with Gasteiger partial charge >= 0.3 is 6.01 Å². The van der Waals surface area contributed by atoms with Crippen LogP contribution < -0.4 is 10.1 Å². The van der Waals surface area contributed by atoms with Gasteiger partial charge in [0.25, 0.3) is 5.89 Å². The number of aryl methyl sites for hydroxylation is 1. The van der Waals surface area contributed by atoms with E-state index in [9.17, 15) is 0 Å². The van der Waals surface area contributed by atoms with Crippen molar-refractivity contribution in [2.45, 2.75) is 19.1 Å². The SMILES string of the molecule is Cn1cccc1CNc1nnc([C@@H]2Cc3ccccc3O2)o1.